The molecule has 0 saturated carbocycles. The van der Waals surface area contributed by atoms with Crippen molar-refractivity contribution in [3.8, 4) is 0 Å². The van der Waals surface area contributed by atoms with Crippen LogP contribution < -0.4 is 0 Å². The Morgan fingerprint density at radius 3 is 1.01 bits per heavy atom. The summed E-state index contributed by atoms with van der Waals surface area (Å²) in [5.41, 5.74) is 0. The van der Waals surface area contributed by atoms with Crippen molar-refractivity contribution in [1.29, 1.82) is 0 Å². The summed E-state index contributed by atoms with van der Waals surface area (Å²) in [6, 6.07) is 0. The molecule has 0 N–H and O–H groups in total. The summed E-state index contributed by atoms with van der Waals surface area (Å²) in [6.07, 6.45) is 76.2. The number of ether oxygens (including phenoxy) is 3. The van der Waals surface area contributed by atoms with Gasteiger partial charge in [0, 0.05) is 19.3 Å². The van der Waals surface area contributed by atoms with Crippen LogP contribution in [0, 0.1) is 0 Å². The van der Waals surface area contributed by atoms with Gasteiger partial charge in [0.1, 0.15) is 13.2 Å². The molecule has 0 spiro atoms. The fourth-order valence-corrected chi connectivity index (χ4v) is 7.10. The maximum absolute atomic E-state index is 12.8. The maximum atomic E-state index is 12.8. The molecule has 1 atom stereocenters. The van der Waals surface area contributed by atoms with Gasteiger partial charge in [-0.25, -0.2) is 0 Å². The summed E-state index contributed by atoms with van der Waals surface area (Å²) in [7, 11) is 0. The minimum Gasteiger partial charge on any atom is -0.462 e. The van der Waals surface area contributed by atoms with Crippen molar-refractivity contribution in [2.45, 2.75) is 239 Å². The zero-order valence-electron chi connectivity index (χ0n) is 43.8. The fourth-order valence-electron chi connectivity index (χ4n) is 7.10. The van der Waals surface area contributed by atoms with Crippen molar-refractivity contribution in [1.82, 2.24) is 0 Å². The van der Waals surface area contributed by atoms with E-state index in [-0.39, 0.29) is 44.0 Å². The lowest BCUT2D eigenvalue weighted by molar-refractivity contribution is -0.166. The van der Waals surface area contributed by atoms with Crippen molar-refractivity contribution in [3.05, 3.63) is 122 Å². The zero-order chi connectivity index (χ0) is 49.3. The summed E-state index contributed by atoms with van der Waals surface area (Å²) in [5, 5.41) is 0. The molecular formula is C62H100O6. The van der Waals surface area contributed by atoms with E-state index in [0.29, 0.717) is 19.3 Å². The second kappa shape index (κ2) is 55.4. The first kappa shape index (κ1) is 63.8. The number of esters is 3. The van der Waals surface area contributed by atoms with E-state index in [0.717, 1.165) is 96.3 Å². The van der Waals surface area contributed by atoms with Gasteiger partial charge in [-0.3, -0.25) is 14.4 Å². The molecule has 0 radical (unpaired) electrons. The maximum Gasteiger partial charge on any atom is 0.306 e. The van der Waals surface area contributed by atoms with Crippen LogP contribution in [-0.4, -0.2) is 37.2 Å². The number of unbranched alkanes of at least 4 members (excludes halogenated alkanes) is 17. The Hall–Kier alpha value is -4.19. The number of hydrogen-bond donors (Lipinski definition) is 0. The lowest BCUT2D eigenvalue weighted by Gasteiger charge is -2.18. The molecule has 0 aromatic heterocycles. The molecule has 0 amide bonds. The zero-order valence-corrected chi connectivity index (χ0v) is 43.8. The second-order valence-electron chi connectivity index (χ2n) is 17.8. The van der Waals surface area contributed by atoms with Gasteiger partial charge in [0.2, 0.25) is 0 Å². The van der Waals surface area contributed by atoms with Crippen LogP contribution in [0.1, 0.15) is 233 Å². The third-order valence-electron chi connectivity index (χ3n) is 11.2. The minimum atomic E-state index is -0.827. The molecule has 0 aliphatic carbocycles. The molecule has 68 heavy (non-hydrogen) atoms. The predicted molar refractivity (Wildman–Crippen MR) is 293 cm³/mol. The van der Waals surface area contributed by atoms with Crippen molar-refractivity contribution in [2.75, 3.05) is 13.2 Å². The second-order valence-corrected chi connectivity index (χ2v) is 17.8. The number of carbonyl (C=O) groups excluding carboxylic acids is 3. The van der Waals surface area contributed by atoms with Gasteiger partial charge < -0.3 is 14.2 Å². The Kier molecular flexibility index (Phi) is 52.0. The number of carbonyl (C=O) groups is 3. The molecule has 0 aromatic rings. The molecule has 0 aliphatic heterocycles. The van der Waals surface area contributed by atoms with Crippen molar-refractivity contribution < 1.29 is 28.6 Å². The van der Waals surface area contributed by atoms with Crippen molar-refractivity contribution >= 4 is 17.9 Å². The molecule has 0 aliphatic rings. The van der Waals surface area contributed by atoms with Crippen LogP contribution >= 0.6 is 0 Å². The Morgan fingerprint density at radius 2 is 0.603 bits per heavy atom. The Balaban J connectivity index is 4.56. The van der Waals surface area contributed by atoms with E-state index >= 15 is 0 Å². The third-order valence-corrected chi connectivity index (χ3v) is 11.2. The Bertz CT molecular complexity index is 1450. The third kappa shape index (κ3) is 52.8. The molecule has 0 heterocycles. The van der Waals surface area contributed by atoms with Gasteiger partial charge in [-0.05, 0) is 103 Å². The average Bonchev–Trinajstić information content (AvgIpc) is 3.34. The number of hydrogen-bond acceptors (Lipinski definition) is 6. The molecular weight excluding hydrogens is 841 g/mol. The molecule has 0 saturated heterocycles. The van der Waals surface area contributed by atoms with Crippen LogP contribution in [0.25, 0.3) is 0 Å². The highest BCUT2D eigenvalue weighted by atomic mass is 16.6. The largest absolute Gasteiger partial charge is 0.462 e. The topological polar surface area (TPSA) is 78.9 Å². The molecule has 0 aromatic carbocycles. The highest BCUT2D eigenvalue weighted by molar-refractivity contribution is 5.71. The molecule has 0 rings (SSSR count). The number of rotatable bonds is 48. The van der Waals surface area contributed by atoms with Crippen molar-refractivity contribution in [2.24, 2.45) is 0 Å². The van der Waals surface area contributed by atoms with Gasteiger partial charge in [-0.15, -0.1) is 0 Å². The summed E-state index contributed by atoms with van der Waals surface area (Å²) in [5.74, 6) is -1.04. The van der Waals surface area contributed by atoms with E-state index in [9.17, 15) is 14.4 Å². The molecule has 6 heteroatoms. The summed E-state index contributed by atoms with van der Waals surface area (Å²) >= 11 is 0. The van der Waals surface area contributed by atoms with Crippen LogP contribution in [0.15, 0.2) is 122 Å². The molecule has 0 fully saturated rings. The molecule has 384 valence electrons. The fraction of sp³-hybridized carbons (Fsp3) is 0.629. The van der Waals surface area contributed by atoms with Crippen LogP contribution in [0.2, 0.25) is 0 Å². The molecule has 0 bridgehead atoms. The predicted octanol–water partition coefficient (Wildman–Crippen LogP) is 18.5. The van der Waals surface area contributed by atoms with E-state index in [2.05, 4.69) is 136 Å². The van der Waals surface area contributed by atoms with E-state index in [4.69, 9.17) is 14.2 Å². The monoisotopic (exact) mass is 941 g/mol. The average molecular weight is 941 g/mol. The molecule has 6 nitrogen and oxygen atoms in total. The first-order valence-electron chi connectivity index (χ1n) is 27.5. The Morgan fingerprint density at radius 1 is 0.309 bits per heavy atom. The van der Waals surface area contributed by atoms with Crippen LogP contribution in [-0.2, 0) is 28.6 Å². The normalized spacial score (nSPS) is 13.0. The summed E-state index contributed by atoms with van der Waals surface area (Å²) in [6.45, 7) is 6.39. The molecule has 0 unspecified atom stereocenters. The summed E-state index contributed by atoms with van der Waals surface area (Å²) in [4.78, 5) is 38.0. The smallest absolute Gasteiger partial charge is 0.306 e. The highest BCUT2D eigenvalue weighted by Crippen LogP contribution is 2.14. The van der Waals surface area contributed by atoms with Gasteiger partial charge in [0.15, 0.2) is 6.10 Å². The van der Waals surface area contributed by atoms with Crippen molar-refractivity contribution in [3.63, 3.8) is 0 Å². The van der Waals surface area contributed by atoms with E-state index in [1.165, 1.54) is 83.5 Å². The van der Waals surface area contributed by atoms with Gasteiger partial charge in [0.05, 0.1) is 0 Å². The standard InChI is InChI=1S/C62H100O6/c1-4-7-10-13-16-19-22-25-27-29-31-33-35-37-40-43-46-49-52-55-61(64)67-58-59(57-66-60(63)54-51-48-45-42-39-24-21-18-15-12-9-6-3)68-62(65)56-53-50-47-44-41-38-36-34-32-30-28-26-23-20-17-14-11-8-5-2/h8,11,16-17,19-20,25-28,31-34,37-38,40-41,46,49,59H,4-7,9-10,12-15,18,21-24,29-30,35-36,39,42-45,47-48,50-58H2,1-3H3/b11-8-,19-16-,20-17-,27-25-,28-26-,33-31-,34-32-,40-37-,41-38-,49-46-/t59-/m0/s1. The van der Waals surface area contributed by atoms with Crippen LogP contribution in [0.5, 0.6) is 0 Å². The summed E-state index contributed by atoms with van der Waals surface area (Å²) < 4.78 is 16.7. The van der Waals surface area contributed by atoms with Crippen LogP contribution in [0.3, 0.4) is 0 Å². The van der Waals surface area contributed by atoms with Gasteiger partial charge >= 0.3 is 17.9 Å². The van der Waals surface area contributed by atoms with Gasteiger partial charge in [-0.1, -0.05) is 232 Å². The SMILES string of the molecule is CC/C=C\C/C=C\C/C=C\C/C=C\C/C=C\CCCCCC(=O)O[C@H](COC(=O)CC/C=C\C/C=C\C/C=C\C/C=C\C/C=C\CCCCC)COC(=O)CCCCCCCCCCCCCC. The minimum absolute atomic E-state index is 0.116. The first-order valence-corrected chi connectivity index (χ1v) is 27.5. The van der Waals surface area contributed by atoms with E-state index < -0.39 is 6.10 Å². The van der Waals surface area contributed by atoms with Gasteiger partial charge in [0.25, 0.3) is 0 Å². The quantitative estimate of drug-likeness (QED) is 0.0262. The number of allylic oxidation sites excluding steroid dienone is 20. The van der Waals surface area contributed by atoms with Crippen LogP contribution in [0.4, 0.5) is 0 Å². The first-order chi connectivity index (χ1) is 33.5. The lowest BCUT2D eigenvalue weighted by atomic mass is 10.0. The Labute approximate surface area is 418 Å². The van der Waals surface area contributed by atoms with E-state index in [1.807, 2.05) is 6.08 Å². The van der Waals surface area contributed by atoms with E-state index in [1.54, 1.807) is 0 Å². The van der Waals surface area contributed by atoms with Gasteiger partial charge in [-0.2, -0.15) is 0 Å². The highest BCUT2D eigenvalue weighted by Gasteiger charge is 2.19. The lowest BCUT2D eigenvalue weighted by Crippen LogP contribution is -2.30.